The summed E-state index contributed by atoms with van der Waals surface area (Å²) in [7, 11) is 0. The molecule has 0 unspecified atom stereocenters. The van der Waals surface area contributed by atoms with Crippen molar-refractivity contribution in [2.45, 2.75) is 51.4 Å². The van der Waals surface area contributed by atoms with Crippen LogP contribution in [-0.4, -0.2) is 11.8 Å². The second-order valence-corrected chi connectivity index (χ2v) is 7.62. The van der Waals surface area contributed by atoms with Gasteiger partial charge in [0, 0.05) is 22.8 Å². The van der Waals surface area contributed by atoms with Crippen LogP contribution in [0.15, 0.2) is 42.5 Å². The van der Waals surface area contributed by atoms with Gasteiger partial charge in [0.15, 0.2) is 0 Å². The highest BCUT2D eigenvalue weighted by atomic mass is 35.5. The Morgan fingerprint density at radius 1 is 1.07 bits per heavy atom. The number of benzene rings is 2. The first-order valence-electron chi connectivity index (χ1n) is 9.42. The molecule has 1 aliphatic rings. The lowest BCUT2D eigenvalue weighted by Crippen LogP contribution is -2.38. The van der Waals surface area contributed by atoms with Crippen LogP contribution in [0.2, 0.25) is 5.02 Å². The highest BCUT2D eigenvalue weighted by Gasteiger charge is 2.42. The van der Waals surface area contributed by atoms with Crippen molar-refractivity contribution >= 4 is 34.8 Å². The number of carbonyl (C=O) groups is 2. The van der Waals surface area contributed by atoms with Gasteiger partial charge in [0.1, 0.15) is 0 Å². The van der Waals surface area contributed by atoms with E-state index < -0.39 is 5.41 Å². The third kappa shape index (κ3) is 4.16. The molecule has 2 amide bonds. The summed E-state index contributed by atoms with van der Waals surface area (Å²) in [5.74, 6) is -0.0633. The molecule has 3 rings (SSSR count). The molecule has 142 valence electrons. The topological polar surface area (TPSA) is 58.2 Å². The van der Waals surface area contributed by atoms with Gasteiger partial charge >= 0.3 is 0 Å². The fourth-order valence-electron chi connectivity index (χ4n) is 3.74. The SMILES string of the molecule is CCC(=O)Nc1ccc(C)c(NC(=O)C2(c3cccc(Cl)c3)CCCC2)c1. The molecular weight excluding hydrogens is 360 g/mol. The molecule has 0 bridgehead atoms. The third-order valence-electron chi connectivity index (χ3n) is 5.36. The number of amides is 2. The Kier molecular flexibility index (Phi) is 5.85. The molecule has 1 fully saturated rings. The van der Waals surface area contributed by atoms with Gasteiger partial charge in [-0.3, -0.25) is 9.59 Å². The van der Waals surface area contributed by atoms with Crippen LogP contribution in [0.3, 0.4) is 0 Å². The molecule has 0 radical (unpaired) electrons. The second-order valence-electron chi connectivity index (χ2n) is 7.19. The van der Waals surface area contributed by atoms with E-state index in [-0.39, 0.29) is 11.8 Å². The number of nitrogens with one attached hydrogen (secondary N) is 2. The number of aryl methyl sites for hydroxylation is 1. The zero-order valence-corrected chi connectivity index (χ0v) is 16.5. The summed E-state index contributed by atoms with van der Waals surface area (Å²) in [6.45, 7) is 3.75. The van der Waals surface area contributed by atoms with E-state index in [9.17, 15) is 9.59 Å². The van der Waals surface area contributed by atoms with Crippen molar-refractivity contribution in [3.63, 3.8) is 0 Å². The average molecular weight is 385 g/mol. The molecule has 4 nitrogen and oxygen atoms in total. The van der Waals surface area contributed by atoms with Crippen LogP contribution in [0.4, 0.5) is 11.4 Å². The molecule has 0 atom stereocenters. The number of rotatable bonds is 5. The summed E-state index contributed by atoms with van der Waals surface area (Å²) in [5.41, 5.74) is 2.78. The molecule has 2 aromatic carbocycles. The predicted molar refractivity (Wildman–Crippen MR) is 110 cm³/mol. The lowest BCUT2D eigenvalue weighted by molar-refractivity contribution is -0.121. The van der Waals surface area contributed by atoms with Gasteiger partial charge in [0.05, 0.1) is 5.41 Å². The van der Waals surface area contributed by atoms with E-state index in [0.717, 1.165) is 42.5 Å². The van der Waals surface area contributed by atoms with Crippen molar-refractivity contribution in [1.82, 2.24) is 0 Å². The molecular formula is C22H25ClN2O2. The Balaban J connectivity index is 1.89. The maximum absolute atomic E-state index is 13.3. The predicted octanol–water partition coefficient (Wildman–Crippen LogP) is 5.45. The number of hydrogen-bond donors (Lipinski definition) is 2. The Hall–Kier alpha value is -2.33. The summed E-state index contributed by atoms with van der Waals surface area (Å²) < 4.78 is 0. The number of halogens is 1. The minimum Gasteiger partial charge on any atom is -0.326 e. The van der Waals surface area contributed by atoms with Crippen LogP contribution >= 0.6 is 11.6 Å². The van der Waals surface area contributed by atoms with Crippen LogP contribution in [0, 0.1) is 6.92 Å². The Labute approximate surface area is 165 Å². The smallest absolute Gasteiger partial charge is 0.235 e. The van der Waals surface area contributed by atoms with Gasteiger partial charge in [0.2, 0.25) is 11.8 Å². The summed E-state index contributed by atoms with van der Waals surface area (Å²) in [6, 6.07) is 13.2. The molecule has 0 saturated heterocycles. The number of carbonyl (C=O) groups excluding carboxylic acids is 2. The van der Waals surface area contributed by atoms with Crippen LogP contribution in [0.5, 0.6) is 0 Å². The van der Waals surface area contributed by atoms with E-state index in [1.54, 1.807) is 6.92 Å². The summed E-state index contributed by atoms with van der Waals surface area (Å²) >= 11 is 6.19. The molecule has 2 N–H and O–H groups in total. The molecule has 1 aliphatic carbocycles. The zero-order valence-electron chi connectivity index (χ0n) is 15.8. The van der Waals surface area contributed by atoms with Gasteiger partial charge in [-0.15, -0.1) is 0 Å². The normalized spacial score (nSPS) is 15.4. The third-order valence-corrected chi connectivity index (χ3v) is 5.59. The van der Waals surface area contributed by atoms with Crippen molar-refractivity contribution in [1.29, 1.82) is 0 Å². The highest BCUT2D eigenvalue weighted by molar-refractivity contribution is 6.30. The molecule has 0 aliphatic heterocycles. The molecule has 5 heteroatoms. The van der Waals surface area contributed by atoms with E-state index in [2.05, 4.69) is 10.6 Å². The van der Waals surface area contributed by atoms with E-state index in [0.29, 0.717) is 17.1 Å². The number of anilines is 2. The Morgan fingerprint density at radius 2 is 1.81 bits per heavy atom. The fraction of sp³-hybridized carbons (Fsp3) is 0.364. The van der Waals surface area contributed by atoms with Gasteiger partial charge in [0.25, 0.3) is 0 Å². The number of hydrogen-bond acceptors (Lipinski definition) is 2. The molecule has 2 aromatic rings. The summed E-state index contributed by atoms with van der Waals surface area (Å²) in [5, 5.41) is 6.60. The van der Waals surface area contributed by atoms with Gasteiger partial charge in [-0.2, -0.15) is 0 Å². The largest absolute Gasteiger partial charge is 0.326 e. The first-order chi connectivity index (χ1) is 12.9. The van der Waals surface area contributed by atoms with Crippen LogP contribution in [0.1, 0.15) is 50.2 Å². The summed E-state index contributed by atoms with van der Waals surface area (Å²) in [6.07, 6.45) is 4.07. The van der Waals surface area contributed by atoms with E-state index in [1.807, 2.05) is 49.4 Å². The van der Waals surface area contributed by atoms with Gasteiger partial charge in [-0.25, -0.2) is 0 Å². The monoisotopic (exact) mass is 384 g/mol. The quantitative estimate of drug-likeness (QED) is 0.720. The van der Waals surface area contributed by atoms with E-state index in [4.69, 9.17) is 11.6 Å². The van der Waals surface area contributed by atoms with E-state index >= 15 is 0 Å². The Morgan fingerprint density at radius 3 is 2.48 bits per heavy atom. The molecule has 1 saturated carbocycles. The van der Waals surface area contributed by atoms with Gasteiger partial charge < -0.3 is 10.6 Å². The minimum atomic E-state index is -0.556. The lowest BCUT2D eigenvalue weighted by atomic mass is 9.78. The fourth-order valence-corrected chi connectivity index (χ4v) is 3.93. The zero-order chi connectivity index (χ0) is 19.4. The Bertz CT molecular complexity index is 857. The summed E-state index contributed by atoms with van der Waals surface area (Å²) in [4.78, 5) is 25.0. The lowest BCUT2D eigenvalue weighted by Gasteiger charge is -2.29. The van der Waals surface area contributed by atoms with Crippen molar-refractivity contribution < 1.29 is 9.59 Å². The standard InChI is InChI=1S/C22H25ClN2O2/c1-3-20(26)24-18-10-9-15(2)19(14-18)25-21(27)22(11-4-5-12-22)16-7-6-8-17(23)13-16/h6-10,13-14H,3-5,11-12H2,1-2H3,(H,24,26)(H,25,27). The maximum atomic E-state index is 13.3. The van der Waals surface area contributed by atoms with Crippen LogP contribution in [-0.2, 0) is 15.0 Å². The maximum Gasteiger partial charge on any atom is 0.235 e. The molecule has 0 spiro atoms. The minimum absolute atomic E-state index is 0.00988. The van der Waals surface area contributed by atoms with E-state index in [1.165, 1.54) is 0 Å². The molecule has 0 aromatic heterocycles. The first-order valence-corrected chi connectivity index (χ1v) is 9.80. The second kappa shape index (κ2) is 8.13. The van der Waals surface area contributed by atoms with Gasteiger partial charge in [-0.05, 0) is 55.2 Å². The van der Waals surface area contributed by atoms with Crippen molar-refractivity contribution in [2.75, 3.05) is 10.6 Å². The highest BCUT2D eigenvalue weighted by Crippen LogP contribution is 2.43. The van der Waals surface area contributed by atoms with Crippen molar-refractivity contribution in [3.8, 4) is 0 Å². The molecule has 0 heterocycles. The van der Waals surface area contributed by atoms with Crippen molar-refractivity contribution in [3.05, 3.63) is 58.6 Å². The molecule has 27 heavy (non-hydrogen) atoms. The van der Waals surface area contributed by atoms with Crippen LogP contribution in [0.25, 0.3) is 0 Å². The average Bonchev–Trinajstić information content (AvgIpc) is 3.15. The first kappa shape index (κ1) is 19.4. The van der Waals surface area contributed by atoms with Gasteiger partial charge in [-0.1, -0.05) is 49.6 Å². The van der Waals surface area contributed by atoms with Crippen LogP contribution < -0.4 is 10.6 Å². The van der Waals surface area contributed by atoms with Crippen molar-refractivity contribution in [2.24, 2.45) is 0 Å².